The van der Waals surface area contributed by atoms with Crippen molar-refractivity contribution in [3.63, 3.8) is 0 Å². The predicted octanol–water partition coefficient (Wildman–Crippen LogP) is 0.396. The van der Waals surface area contributed by atoms with E-state index in [2.05, 4.69) is 0 Å². The van der Waals surface area contributed by atoms with Crippen molar-refractivity contribution in [1.29, 1.82) is 0 Å². The molecule has 0 heterocycles. The van der Waals surface area contributed by atoms with Gasteiger partial charge in [-0.2, -0.15) is 0 Å². The fraction of sp³-hybridized carbons (Fsp3) is 0.333. The molecule has 0 unspecified atom stereocenters. The van der Waals surface area contributed by atoms with Crippen molar-refractivity contribution >= 4 is 22.8 Å². The van der Waals surface area contributed by atoms with Crippen LogP contribution in [0.5, 0.6) is 0 Å². The summed E-state index contributed by atoms with van der Waals surface area (Å²) in [6, 6.07) is 0. The summed E-state index contributed by atoms with van der Waals surface area (Å²) in [7, 11) is 3.18. The lowest BCUT2D eigenvalue weighted by atomic mass is 10.5. The first-order chi connectivity index (χ1) is 4.54. The molecule has 0 aliphatic heterocycles. The Kier molecular flexibility index (Phi) is 3.72. The molecule has 0 radical (unpaired) electrons. The SMILES string of the molecule is CN(C)C(=O)/C=C/C(=O)Cl. The average Bonchev–Trinajstić information content (AvgIpc) is 1.82. The second kappa shape index (κ2) is 4.06. The average molecular weight is 162 g/mol. The van der Waals surface area contributed by atoms with Gasteiger partial charge < -0.3 is 4.90 Å². The van der Waals surface area contributed by atoms with E-state index in [1.165, 1.54) is 4.90 Å². The zero-order valence-corrected chi connectivity index (χ0v) is 6.55. The topological polar surface area (TPSA) is 37.4 Å². The first-order valence-electron chi connectivity index (χ1n) is 2.63. The number of amides is 1. The van der Waals surface area contributed by atoms with Gasteiger partial charge in [0.05, 0.1) is 0 Å². The smallest absolute Gasteiger partial charge is 0.246 e. The van der Waals surface area contributed by atoms with Crippen LogP contribution in [-0.2, 0) is 9.59 Å². The van der Waals surface area contributed by atoms with Crippen LogP contribution in [0.1, 0.15) is 0 Å². The quantitative estimate of drug-likeness (QED) is 0.434. The molecule has 3 nitrogen and oxygen atoms in total. The van der Waals surface area contributed by atoms with Crippen LogP contribution in [-0.4, -0.2) is 30.1 Å². The Bertz CT molecular complexity index is 175. The summed E-state index contributed by atoms with van der Waals surface area (Å²) < 4.78 is 0. The zero-order chi connectivity index (χ0) is 8.15. The van der Waals surface area contributed by atoms with Gasteiger partial charge in [0.1, 0.15) is 0 Å². The summed E-state index contributed by atoms with van der Waals surface area (Å²) in [6.07, 6.45) is 2.14. The van der Waals surface area contributed by atoms with Crippen LogP contribution in [0, 0.1) is 0 Å². The van der Waals surface area contributed by atoms with Gasteiger partial charge in [-0.05, 0) is 11.6 Å². The van der Waals surface area contributed by atoms with Crippen molar-refractivity contribution < 1.29 is 9.59 Å². The molecule has 0 rings (SSSR count). The van der Waals surface area contributed by atoms with Crippen LogP contribution >= 0.6 is 11.6 Å². The highest BCUT2D eigenvalue weighted by atomic mass is 35.5. The summed E-state index contributed by atoms with van der Waals surface area (Å²) in [5.41, 5.74) is 0. The Labute approximate surface area is 64.3 Å². The molecule has 0 aliphatic carbocycles. The van der Waals surface area contributed by atoms with Gasteiger partial charge in [0.25, 0.3) is 0 Å². The summed E-state index contributed by atoms with van der Waals surface area (Å²) in [5.74, 6) is -0.256. The Balaban J connectivity index is 3.90. The van der Waals surface area contributed by atoms with Gasteiger partial charge in [0.15, 0.2) is 0 Å². The van der Waals surface area contributed by atoms with E-state index in [1.807, 2.05) is 0 Å². The minimum Gasteiger partial charge on any atom is -0.345 e. The van der Waals surface area contributed by atoms with Gasteiger partial charge in [-0.15, -0.1) is 0 Å². The number of hydrogen-bond acceptors (Lipinski definition) is 2. The summed E-state index contributed by atoms with van der Waals surface area (Å²) >= 11 is 4.93. The van der Waals surface area contributed by atoms with E-state index >= 15 is 0 Å². The van der Waals surface area contributed by atoms with Gasteiger partial charge in [-0.1, -0.05) is 0 Å². The number of hydrogen-bond donors (Lipinski definition) is 0. The Morgan fingerprint density at radius 3 is 2.10 bits per heavy atom. The lowest BCUT2D eigenvalue weighted by Gasteiger charge is -2.03. The second-order valence-corrected chi connectivity index (χ2v) is 2.24. The normalized spacial score (nSPS) is 9.90. The van der Waals surface area contributed by atoms with E-state index in [0.29, 0.717) is 0 Å². The Hall–Kier alpha value is -0.830. The number of rotatable bonds is 2. The first kappa shape index (κ1) is 9.17. The van der Waals surface area contributed by atoms with Crippen molar-refractivity contribution in [3.8, 4) is 0 Å². The molecule has 0 saturated heterocycles. The number of nitrogens with zero attached hydrogens (tertiary/aromatic N) is 1. The van der Waals surface area contributed by atoms with E-state index in [0.717, 1.165) is 12.2 Å². The fourth-order valence-electron chi connectivity index (χ4n) is 0.286. The summed E-state index contributed by atoms with van der Waals surface area (Å²) in [5, 5.41) is -0.643. The minimum absolute atomic E-state index is 0.256. The van der Waals surface area contributed by atoms with Gasteiger partial charge in [0, 0.05) is 26.2 Å². The highest BCUT2D eigenvalue weighted by Gasteiger charge is 1.96. The molecule has 0 aromatic heterocycles. The molecule has 0 fully saturated rings. The van der Waals surface area contributed by atoms with Crippen LogP contribution in [0.2, 0.25) is 0 Å². The molecule has 0 aliphatic rings. The third-order valence-corrected chi connectivity index (χ3v) is 0.924. The summed E-state index contributed by atoms with van der Waals surface area (Å²) in [6.45, 7) is 0. The molecule has 1 amide bonds. The number of likely N-dealkylation sites (N-methyl/N-ethyl adjacent to an activating group) is 1. The second-order valence-electron chi connectivity index (χ2n) is 1.87. The van der Waals surface area contributed by atoms with Gasteiger partial charge >= 0.3 is 0 Å². The predicted molar refractivity (Wildman–Crippen MR) is 38.7 cm³/mol. The van der Waals surface area contributed by atoms with E-state index in [9.17, 15) is 9.59 Å². The van der Waals surface area contributed by atoms with Crippen LogP contribution < -0.4 is 0 Å². The largest absolute Gasteiger partial charge is 0.345 e. The third-order valence-electron chi connectivity index (χ3n) is 0.798. The van der Waals surface area contributed by atoms with Gasteiger partial charge in [-0.25, -0.2) is 0 Å². The molecular formula is C6H8ClNO2. The molecule has 0 aromatic carbocycles. The molecule has 56 valence electrons. The molecule has 0 saturated carbocycles. The number of allylic oxidation sites excluding steroid dienone is 1. The van der Waals surface area contributed by atoms with Crippen molar-refractivity contribution in [2.24, 2.45) is 0 Å². The molecule has 0 N–H and O–H groups in total. The van der Waals surface area contributed by atoms with Gasteiger partial charge in [0.2, 0.25) is 11.1 Å². The third kappa shape index (κ3) is 4.09. The van der Waals surface area contributed by atoms with Gasteiger partial charge in [-0.3, -0.25) is 9.59 Å². The molecule has 0 spiro atoms. The first-order valence-corrected chi connectivity index (χ1v) is 3.00. The zero-order valence-electron chi connectivity index (χ0n) is 5.80. The summed E-state index contributed by atoms with van der Waals surface area (Å²) in [4.78, 5) is 22.1. The highest BCUT2D eigenvalue weighted by molar-refractivity contribution is 6.66. The maximum Gasteiger partial charge on any atom is 0.246 e. The highest BCUT2D eigenvalue weighted by Crippen LogP contribution is 1.85. The Morgan fingerprint density at radius 2 is 1.80 bits per heavy atom. The lowest BCUT2D eigenvalue weighted by molar-refractivity contribution is -0.123. The van der Waals surface area contributed by atoms with Crippen molar-refractivity contribution in [1.82, 2.24) is 4.90 Å². The fourth-order valence-corrected chi connectivity index (χ4v) is 0.349. The molecule has 0 bridgehead atoms. The van der Waals surface area contributed by atoms with E-state index in [-0.39, 0.29) is 5.91 Å². The van der Waals surface area contributed by atoms with Crippen LogP contribution in [0.4, 0.5) is 0 Å². The van der Waals surface area contributed by atoms with Crippen molar-refractivity contribution in [2.45, 2.75) is 0 Å². The van der Waals surface area contributed by atoms with Crippen LogP contribution in [0.3, 0.4) is 0 Å². The van der Waals surface area contributed by atoms with Crippen molar-refractivity contribution in [3.05, 3.63) is 12.2 Å². The molecule has 4 heteroatoms. The minimum atomic E-state index is -0.643. The molecule has 10 heavy (non-hydrogen) atoms. The maximum atomic E-state index is 10.7. The molecule has 0 aromatic rings. The van der Waals surface area contributed by atoms with E-state index < -0.39 is 5.24 Å². The lowest BCUT2D eigenvalue weighted by Crippen LogP contribution is -2.18. The van der Waals surface area contributed by atoms with Crippen LogP contribution in [0.15, 0.2) is 12.2 Å². The van der Waals surface area contributed by atoms with Crippen LogP contribution in [0.25, 0.3) is 0 Å². The van der Waals surface area contributed by atoms with Crippen molar-refractivity contribution in [2.75, 3.05) is 14.1 Å². The number of carbonyl (C=O) groups is 2. The number of carbonyl (C=O) groups excluding carboxylic acids is 2. The molecular weight excluding hydrogens is 154 g/mol. The number of halogens is 1. The molecule has 0 atom stereocenters. The van der Waals surface area contributed by atoms with E-state index in [1.54, 1.807) is 14.1 Å². The Morgan fingerprint density at radius 1 is 1.30 bits per heavy atom. The standard InChI is InChI=1S/C6H8ClNO2/c1-8(2)6(10)4-3-5(7)9/h3-4H,1-2H3/b4-3+. The van der Waals surface area contributed by atoms with E-state index in [4.69, 9.17) is 11.6 Å². The monoisotopic (exact) mass is 161 g/mol. The maximum absolute atomic E-state index is 10.7.